The molecule has 0 aliphatic heterocycles. The Labute approximate surface area is 237 Å². The monoisotopic (exact) mass is 569 g/mol. The fourth-order valence-corrected chi connectivity index (χ4v) is 5.77. The number of carbonyl (C=O) groups excluding carboxylic acids is 1. The van der Waals surface area contributed by atoms with Crippen molar-refractivity contribution in [2.45, 2.75) is 5.16 Å². The van der Waals surface area contributed by atoms with Crippen LogP contribution in [0.5, 0.6) is 11.5 Å². The first-order valence-electron chi connectivity index (χ1n) is 12.2. The molecule has 0 aliphatic carbocycles. The number of anilines is 1. The molecular formula is C29H23N5O4S2. The molecule has 9 nitrogen and oxygen atoms in total. The van der Waals surface area contributed by atoms with Crippen molar-refractivity contribution in [2.75, 3.05) is 25.3 Å². The Morgan fingerprint density at radius 3 is 2.67 bits per heavy atom. The van der Waals surface area contributed by atoms with Crippen molar-refractivity contribution in [2.24, 2.45) is 0 Å². The van der Waals surface area contributed by atoms with E-state index in [0.717, 1.165) is 27.7 Å². The number of nitrogens with zero attached hydrogens (tertiary/aromatic N) is 4. The normalized spacial score (nSPS) is 11.1. The number of thiazole rings is 1. The molecular weight excluding hydrogens is 546 g/mol. The lowest BCUT2D eigenvalue weighted by molar-refractivity contribution is -0.113. The number of rotatable bonds is 9. The molecule has 3 heterocycles. The number of hydrogen-bond acceptors (Lipinski definition) is 9. The van der Waals surface area contributed by atoms with Gasteiger partial charge in [-0.1, -0.05) is 48.2 Å². The van der Waals surface area contributed by atoms with Crippen LogP contribution < -0.4 is 14.8 Å². The molecule has 3 aromatic carbocycles. The molecule has 0 spiro atoms. The van der Waals surface area contributed by atoms with Crippen molar-refractivity contribution in [1.29, 1.82) is 0 Å². The average Bonchev–Trinajstić information content (AvgIpc) is 3.77. The zero-order valence-corrected chi connectivity index (χ0v) is 23.2. The summed E-state index contributed by atoms with van der Waals surface area (Å²) in [6.07, 6.45) is 1.60. The second-order valence-electron chi connectivity index (χ2n) is 8.56. The molecule has 0 unspecified atom stereocenters. The summed E-state index contributed by atoms with van der Waals surface area (Å²) in [5.41, 5.74) is 2.49. The maximum atomic E-state index is 12.9. The molecule has 3 aromatic heterocycles. The highest BCUT2D eigenvalue weighted by Gasteiger charge is 2.21. The highest BCUT2D eigenvalue weighted by atomic mass is 32.2. The van der Waals surface area contributed by atoms with Gasteiger partial charge in [0.05, 0.1) is 37.6 Å². The number of methoxy groups -OCH3 is 2. The van der Waals surface area contributed by atoms with E-state index in [1.54, 1.807) is 20.5 Å². The Morgan fingerprint density at radius 1 is 1.00 bits per heavy atom. The molecule has 0 aliphatic rings. The van der Waals surface area contributed by atoms with Crippen molar-refractivity contribution < 1.29 is 18.7 Å². The number of amides is 1. The van der Waals surface area contributed by atoms with E-state index in [-0.39, 0.29) is 11.7 Å². The third-order valence-corrected chi connectivity index (χ3v) is 7.83. The van der Waals surface area contributed by atoms with Gasteiger partial charge < -0.3 is 19.2 Å². The average molecular weight is 570 g/mol. The van der Waals surface area contributed by atoms with E-state index in [4.69, 9.17) is 13.9 Å². The third kappa shape index (κ3) is 5.04. The number of hydrogen-bond donors (Lipinski definition) is 1. The number of furan rings is 1. The summed E-state index contributed by atoms with van der Waals surface area (Å²) < 4.78 is 18.3. The topological polar surface area (TPSA) is 104 Å². The summed E-state index contributed by atoms with van der Waals surface area (Å²) in [6.45, 7) is 0. The quantitative estimate of drug-likeness (QED) is 0.196. The zero-order valence-electron chi connectivity index (χ0n) is 21.5. The van der Waals surface area contributed by atoms with Gasteiger partial charge in [-0.15, -0.1) is 21.5 Å². The first-order valence-corrected chi connectivity index (χ1v) is 14.1. The smallest absolute Gasteiger partial charge is 0.236 e. The van der Waals surface area contributed by atoms with Gasteiger partial charge in [-0.2, -0.15) is 0 Å². The highest BCUT2D eigenvalue weighted by molar-refractivity contribution is 7.99. The van der Waals surface area contributed by atoms with Crippen molar-refractivity contribution in [3.05, 3.63) is 84.4 Å². The van der Waals surface area contributed by atoms with Crippen LogP contribution in [0.15, 0.2) is 94.0 Å². The predicted octanol–water partition coefficient (Wildman–Crippen LogP) is 6.55. The largest absolute Gasteiger partial charge is 0.493 e. The number of carbonyl (C=O) groups is 1. The Bertz CT molecular complexity index is 1790. The summed E-state index contributed by atoms with van der Waals surface area (Å²) in [4.78, 5) is 17.5. The molecule has 6 aromatic rings. The Kier molecular flexibility index (Phi) is 7.21. The van der Waals surface area contributed by atoms with Gasteiger partial charge in [0.1, 0.15) is 0 Å². The molecule has 40 heavy (non-hydrogen) atoms. The minimum Gasteiger partial charge on any atom is -0.493 e. The lowest BCUT2D eigenvalue weighted by Crippen LogP contribution is -2.14. The molecule has 6 rings (SSSR count). The van der Waals surface area contributed by atoms with E-state index < -0.39 is 0 Å². The molecule has 0 atom stereocenters. The predicted molar refractivity (Wildman–Crippen MR) is 157 cm³/mol. The van der Waals surface area contributed by atoms with Gasteiger partial charge in [0.25, 0.3) is 0 Å². The minimum atomic E-state index is -0.203. The van der Waals surface area contributed by atoms with Crippen molar-refractivity contribution in [1.82, 2.24) is 19.7 Å². The SMILES string of the molecule is COc1ccc(-c2csc(NC(=O)CSc3nnc(-c4ccco4)n3-c3cccc4ccccc34)n2)cc1OC. The van der Waals surface area contributed by atoms with Crippen LogP contribution in [-0.4, -0.2) is 45.6 Å². The van der Waals surface area contributed by atoms with Gasteiger partial charge >= 0.3 is 0 Å². The number of fused-ring (bicyclic) bond motifs is 1. The number of benzene rings is 3. The van der Waals surface area contributed by atoms with E-state index >= 15 is 0 Å². The Morgan fingerprint density at radius 2 is 1.85 bits per heavy atom. The van der Waals surface area contributed by atoms with Crippen LogP contribution in [0.2, 0.25) is 0 Å². The molecule has 0 saturated carbocycles. The Balaban J connectivity index is 1.22. The second-order valence-corrected chi connectivity index (χ2v) is 10.4. The summed E-state index contributed by atoms with van der Waals surface area (Å²) in [5, 5.41) is 16.8. The number of ether oxygens (including phenoxy) is 2. The van der Waals surface area contributed by atoms with Crippen molar-refractivity contribution in [3.63, 3.8) is 0 Å². The second kappa shape index (κ2) is 11.2. The molecule has 0 fully saturated rings. The molecule has 1 amide bonds. The maximum absolute atomic E-state index is 12.9. The van der Waals surface area contributed by atoms with Crippen LogP contribution in [0, 0.1) is 0 Å². The molecule has 11 heteroatoms. The van der Waals surface area contributed by atoms with E-state index in [0.29, 0.717) is 33.4 Å². The van der Waals surface area contributed by atoms with Gasteiger partial charge in [0.15, 0.2) is 27.5 Å². The van der Waals surface area contributed by atoms with E-state index in [2.05, 4.69) is 38.7 Å². The first kappa shape index (κ1) is 25.7. The minimum absolute atomic E-state index is 0.117. The van der Waals surface area contributed by atoms with Gasteiger partial charge in [-0.05, 0) is 41.8 Å². The number of aromatic nitrogens is 4. The van der Waals surface area contributed by atoms with Crippen molar-refractivity contribution >= 4 is 44.9 Å². The summed E-state index contributed by atoms with van der Waals surface area (Å²) in [7, 11) is 3.18. The number of nitrogens with one attached hydrogen (secondary N) is 1. The maximum Gasteiger partial charge on any atom is 0.236 e. The molecule has 1 N–H and O–H groups in total. The zero-order chi connectivity index (χ0) is 27.5. The Hall–Kier alpha value is -4.61. The molecule has 0 saturated heterocycles. The third-order valence-electron chi connectivity index (χ3n) is 6.14. The van der Waals surface area contributed by atoms with Crippen LogP contribution in [-0.2, 0) is 4.79 Å². The van der Waals surface area contributed by atoms with E-state index in [1.165, 1.54) is 23.1 Å². The fourth-order valence-electron chi connectivity index (χ4n) is 4.29. The first-order chi connectivity index (χ1) is 19.6. The van der Waals surface area contributed by atoms with Crippen LogP contribution >= 0.6 is 23.1 Å². The van der Waals surface area contributed by atoms with E-state index in [1.807, 2.05) is 64.5 Å². The van der Waals surface area contributed by atoms with Crippen LogP contribution in [0.3, 0.4) is 0 Å². The molecule has 0 radical (unpaired) electrons. The standard InChI is InChI=1S/C29H23N5O4S2/c1-36-23-13-12-19(15-25(23)37-2)21-16-39-28(30-21)31-26(35)17-40-29-33-32-27(24-11-6-14-38-24)34(29)22-10-5-8-18-7-3-4-9-20(18)22/h3-16H,17H2,1-2H3,(H,30,31,35). The van der Waals surface area contributed by atoms with Gasteiger partial charge in [0.2, 0.25) is 11.7 Å². The fraction of sp³-hybridized carbons (Fsp3) is 0.103. The van der Waals surface area contributed by atoms with Gasteiger partial charge in [0, 0.05) is 16.3 Å². The lowest BCUT2D eigenvalue weighted by Gasteiger charge is -2.12. The van der Waals surface area contributed by atoms with Crippen LogP contribution in [0.4, 0.5) is 5.13 Å². The molecule has 0 bridgehead atoms. The lowest BCUT2D eigenvalue weighted by atomic mass is 10.1. The summed E-state index contributed by atoms with van der Waals surface area (Å²) >= 11 is 2.64. The van der Waals surface area contributed by atoms with Gasteiger partial charge in [-0.3, -0.25) is 9.36 Å². The van der Waals surface area contributed by atoms with Crippen LogP contribution in [0.25, 0.3) is 39.3 Å². The molecule has 200 valence electrons. The van der Waals surface area contributed by atoms with E-state index in [9.17, 15) is 4.79 Å². The highest BCUT2D eigenvalue weighted by Crippen LogP contribution is 2.34. The summed E-state index contributed by atoms with van der Waals surface area (Å²) in [6, 6.07) is 23.4. The number of thioether (sulfide) groups is 1. The van der Waals surface area contributed by atoms with Crippen molar-refractivity contribution in [3.8, 4) is 40.0 Å². The van der Waals surface area contributed by atoms with Gasteiger partial charge in [-0.25, -0.2) is 4.98 Å². The summed E-state index contributed by atoms with van der Waals surface area (Å²) in [5.74, 6) is 2.31. The van der Waals surface area contributed by atoms with Crippen LogP contribution in [0.1, 0.15) is 0 Å².